The molecule has 1 unspecified atom stereocenters. The average Bonchev–Trinajstić information content (AvgIpc) is 3.16. The Bertz CT molecular complexity index is 645. The number of likely N-dealkylation sites (tertiary alicyclic amines) is 1. The van der Waals surface area contributed by atoms with Crippen LogP contribution in [0.1, 0.15) is 50.5 Å². The minimum Gasteiger partial charge on any atom is -0.477 e. The second-order valence-corrected chi connectivity index (χ2v) is 8.25. The molecule has 2 heterocycles. The summed E-state index contributed by atoms with van der Waals surface area (Å²) in [6.07, 6.45) is 11.2. The van der Waals surface area contributed by atoms with Crippen molar-refractivity contribution in [2.45, 2.75) is 63.6 Å². The van der Waals surface area contributed by atoms with Crippen LogP contribution in [0.2, 0.25) is 0 Å². The molecular weight excluding hydrogens is 465 g/mol. The van der Waals surface area contributed by atoms with E-state index < -0.39 is 0 Å². The van der Waals surface area contributed by atoms with Crippen molar-refractivity contribution in [1.29, 1.82) is 0 Å². The third-order valence-corrected chi connectivity index (χ3v) is 6.05. The molecule has 6 nitrogen and oxygen atoms in total. The maximum absolute atomic E-state index is 5.78. The maximum atomic E-state index is 5.78. The van der Waals surface area contributed by atoms with Crippen molar-refractivity contribution < 1.29 is 4.74 Å². The number of aliphatic imine (C=N–C) groups is 1. The summed E-state index contributed by atoms with van der Waals surface area (Å²) in [6.45, 7) is 3.87. The molecule has 1 saturated heterocycles. The molecule has 7 heteroatoms. The van der Waals surface area contributed by atoms with E-state index in [9.17, 15) is 0 Å². The minimum absolute atomic E-state index is 0. The van der Waals surface area contributed by atoms with Crippen LogP contribution in [0.25, 0.3) is 0 Å². The van der Waals surface area contributed by atoms with Gasteiger partial charge in [0.25, 0.3) is 0 Å². The first kappa shape index (κ1) is 21.6. The molecule has 0 spiro atoms. The van der Waals surface area contributed by atoms with Crippen molar-refractivity contribution in [3.63, 3.8) is 0 Å². The summed E-state index contributed by atoms with van der Waals surface area (Å²) in [4.78, 5) is 11.4. The average molecular weight is 499 g/mol. The fraction of sp³-hybridized carbons (Fsp3) is 0.714. The van der Waals surface area contributed by atoms with Gasteiger partial charge in [-0.15, -0.1) is 24.0 Å². The van der Waals surface area contributed by atoms with E-state index >= 15 is 0 Å². The van der Waals surface area contributed by atoms with Gasteiger partial charge in [0.15, 0.2) is 5.96 Å². The van der Waals surface area contributed by atoms with Gasteiger partial charge in [-0.2, -0.15) is 0 Å². The maximum Gasteiger partial charge on any atom is 0.213 e. The molecule has 0 amide bonds. The molecule has 156 valence electrons. The Hall–Kier alpha value is -1.09. The van der Waals surface area contributed by atoms with Gasteiger partial charge in [-0.1, -0.05) is 12.8 Å². The molecule has 28 heavy (non-hydrogen) atoms. The molecule has 2 aliphatic carbocycles. The molecule has 1 aromatic rings. The van der Waals surface area contributed by atoms with Crippen molar-refractivity contribution in [1.82, 2.24) is 20.5 Å². The SMILES string of the molecule is CN=C(NCc1ccnc(OCC2CC2)c1)NC1CCN(C2CCCC2)C1.I. The van der Waals surface area contributed by atoms with E-state index in [1.54, 1.807) is 0 Å². The first-order chi connectivity index (χ1) is 13.3. The van der Waals surface area contributed by atoms with E-state index in [1.807, 2.05) is 25.4 Å². The largest absolute Gasteiger partial charge is 0.477 e. The van der Waals surface area contributed by atoms with Gasteiger partial charge in [0.2, 0.25) is 5.88 Å². The lowest BCUT2D eigenvalue weighted by atomic mass is 10.2. The molecule has 0 bridgehead atoms. The molecule has 2 saturated carbocycles. The van der Waals surface area contributed by atoms with Crippen molar-refractivity contribution >= 4 is 29.9 Å². The number of hydrogen-bond acceptors (Lipinski definition) is 4. The van der Waals surface area contributed by atoms with Gasteiger partial charge >= 0.3 is 0 Å². The number of ether oxygens (including phenoxy) is 1. The van der Waals surface area contributed by atoms with Crippen LogP contribution in [-0.2, 0) is 6.54 Å². The number of pyridine rings is 1. The molecule has 1 aromatic heterocycles. The molecule has 3 aliphatic rings. The quantitative estimate of drug-likeness (QED) is 0.343. The predicted molar refractivity (Wildman–Crippen MR) is 123 cm³/mol. The lowest BCUT2D eigenvalue weighted by molar-refractivity contribution is 0.242. The van der Waals surface area contributed by atoms with Crippen molar-refractivity contribution in [3.05, 3.63) is 23.9 Å². The highest BCUT2D eigenvalue weighted by Crippen LogP contribution is 2.29. The van der Waals surface area contributed by atoms with Gasteiger partial charge in [0.1, 0.15) is 0 Å². The Morgan fingerprint density at radius 1 is 1.25 bits per heavy atom. The van der Waals surface area contributed by atoms with Crippen LogP contribution in [0.15, 0.2) is 23.3 Å². The fourth-order valence-corrected chi connectivity index (χ4v) is 4.21. The number of guanidine groups is 1. The number of rotatable bonds is 7. The summed E-state index contributed by atoms with van der Waals surface area (Å²) >= 11 is 0. The van der Waals surface area contributed by atoms with Gasteiger partial charge in [-0.25, -0.2) is 4.98 Å². The second kappa shape index (κ2) is 10.6. The summed E-state index contributed by atoms with van der Waals surface area (Å²) in [5.41, 5.74) is 1.16. The zero-order valence-corrected chi connectivity index (χ0v) is 19.2. The van der Waals surface area contributed by atoms with Gasteiger partial charge < -0.3 is 15.4 Å². The lowest BCUT2D eigenvalue weighted by Crippen LogP contribution is -2.45. The van der Waals surface area contributed by atoms with Crippen molar-refractivity contribution in [3.8, 4) is 5.88 Å². The van der Waals surface area contributed by atoms with Crippen molar-refractivity contribution in [2.75, 3.05) is 26.7 Å². The van der Waals surface area contributed by atoms with E-state index in [0.717, 1.165) is 49.1 Å². The molecule has 0 radical (unpaired) electrons. The van der Waals surface area contributed by atoms with Crippen molar-refractivity contribution in [2.24, 2.45) is 10.9 Å². The summed E-state index contributed by atoms with van der Waals surface area (Å²) < 4.78 is 5.78. The zero-order chi connectivity index (χ0) is 18.5. The number of halogens is 1. The van der Waals surface area contributed by atoms with E-state index in [0.29, 0.717) is 6.04 Å². The highest BCUT2D eigenvalue weighted by molar-refractivity contribution is 14.0. The highest BCUT2D eigenvalue weighted by Gasteiger charge is 2.30. The smallest absolute Gasteiger partial charge is 0.213 e. The fourth-order valence-electron chi connectivity index (χ4n) is 4.21. The van der Waals surface area contributed by atoms with E-state index in [1.165, 1.54) is 51.5 Å². The molecule has 1 atom stereocenters. The molecule has 1 aliphatic heterocycles. The summed E-state index contributed by atoms with van der Waals surface area (Å²) in [5, 5.41) is 7.04. The summed E-state index contributed by atoms with van der Waals surface area (Å²) in [7, 11) is 1.84. The molecule has 3 fully saturated rings. The van der Waals surface area contributed by atoms with E-state index in [2.05, 4.69) is 25.5 Å². The Labute approximate surface area is 185 Å². The number of nitrogens with zero attached hydrogens (tertiary/aromatic N) is 3. The monoisotopic (exact) mass is 499 g/mol. The van der Waals surface area contributed by atoms with Crippen LogP contribution in [0.4, 0.5) is 0 Å². The van der Waals surface area contributed by atoms with Gasteiger partial charge in [0.05, 0.1) is 6.61 Å². The Balaban J connectivity index is 0.00000225. The van der Waals surface area contributed by atoms with Crippen LogP contribution < -0.4 is 15.4 Å². The predicted octanol–water partition coefficient (Wildman–Crippen LogP) is 3.17. The highest BCUT2D eigenvalue weighted by atomic mass is 127. The lowest BCUT2D eigenvalue weighted by Gasteiger charge is -2.24. The molecular formula is C21H34IN5O. The summed E-state index contributed by atoms with van der Waals surface area (Å²) in [5.74, 6) is 2.35. The van der Waals surface area contributed by atoms with Crippen LogP contribution >= 0.6 is 24.0 Å². The summed E-state index contributed by atoms with van der Waals surface area (Å²) in [6, 6.07) is 5.37. The van der Waals surface area contributed by atoms with Crippen LogP contribution in [0.3, 0.4) is 0 Å². The Kier molecular flexibility index (Phi) is 8.20. The van der Waals surface area contributed by atoms with Crippen LogP contribution in [0, 0.1) is 5.92 Å². The number of hydrogen-bond donors (Lipinski definition) is 2. The molecule has 4 rings (SSSR count). The Morgan fingerprint density at radius 3 is 2.82 bits per heavy atom. The Morgan fingerprint density at radius 2 is 2.07 bits per heavy atom. The van der Waals surface area contributed by atoms with Gasteiger partial charge in [-0.05, 0) is 49.7 Å². The van der Waals surface area contributed by atoms with E-state index in [-0.39, 0.29) is 24.0 Å². The topological polar surface area (TPSA) is 61.8 Å². The minimum atomic E-state index is 0. The van der Waals surface area contributed by atoms with E-state index in [4.69, 9.17) is 4.74 Å². The first-order valence-corrected chi connectivity index (χ1v) is 10.6. The molecule has 2 N–H and O–H groups in total. The second-order valence-electron chi connectivity index (χ2n) is 8.25. The zero-order valence-electron chi connectivity index (χ0n) is 16.9. The van der Waals surface area contributed by atoms with Crippen LogP contribution in [-0.4, -0.2) is 54.7 Å². The third kappa shape index (κ3) is 6.20. The first-order valence-electron chi connectivity index (χ1n) is 10.6. The van der Waals surface area contributed by atoms with Gasteiger partial charge in [-0.3, -0.25) is 9.89 Å². The number of aromatic nitrogens is 1. The molecule has 0 aromatic carbocycles. The van der Waals surface area contributed by atoms with Gasteiger partial charge in [0, 0.05) is 51.0 Å². The number of nitrogens with one attached hydrogen (secondary N) is 2. The third-order valence-electron chi connectivity index (χ3n) is 6.05. The normalized spacial score (nSPS) is 23.5. The van der Waals surface area contributed by atoms with Crippen LogP contribution in [0.5, 0.6) is 5.88 Å². The standard InChI is InChI=1S/C21H33N5O.HI/c1-22-21(25-18-9-11-26(14-18)19-4-2-3-5-19)24-13-17-8-10-23-20(12-17)27-15-16-6-7-16;/h8,10,12,16,18-19H,2-7,9,11,13-15H2,1H3,(H2,22,24,25);1H.